The van der Waals surface area contributed by atoms with Crippen molar-refractivity contribution in [1.82, 2.24) is 0 Å². The second kappa shape index (κ2) is 5.98. The van der Waals surface area contributed by atoms with Crippen molar-refractivity contribution in [2.24, 2.45) is 0 Å². The van der Waals surface area contributed by atoms with Gasteiger partial charge in [-0.2, -0.15) is 0 Å². The van der Waals surface area contributed by atoms with Crippen molar-refractivity contribution in [3.05, 3.63) is 29.8 Å². The number of methoxy groups -OCH3 is 1. The molecule has 0 unspecified atom stereocenters. The first-order valence-electron chi connectivity index (χ1n) is 5.01. The van der Waals surface area contributed by atoms with Crippen molar-refractivity contribution in [1.29, 1.82) is 0 Å². The molecule has 0 saturated carbocycles. The predicted octanol–water partition coefficient (Wildman–Crippen LogP) is 0.641. The third-order valence-corrected chi connectivity index (χ3v) is 3.93. The van der Waals surface area contributed by atoms with Gasteiger partial charge in [-0.25, -0.2) is 8.42 Å². The molecule has 1 aromatic carbocycles. The van der Waals surface area contributed by atoms with Gasteiger partial charge >= 0.3 is 0 Å². The molecule has 5 heteroatoms. The summed E-state index contributed by atoms with van der Waals surface area (Å²) in [5, 5.41) is 8.73. The zero-order chi connectivity index (χ0) is 12.0. The molecule has 16 heavy (non-hydrogen) atoms. The van der Waals surface area contributed by atoms with E-state index in [1.807, 2.05) is 0 Å². The van der Waals surface area contributed by atoms with Crippen molar-refractivity contribution in [2.45, 2.75) is 11.3 Å². The Morgan fingerprint density at radius 1 is 1.25 bits per heavy atom. The summed E-state index contributed by atoms with van der Waals surface area (Å²) in [7, 11) is -1.77. The maximum Gasteiger partial charge on any atom is 0.180 e. The number of hydrogen-bond donors (Lipinski definition) is 1. The van der Waals surface area contributed by atoms with Gasteiger partial charge in [0.25, 0.3) is 0 Å². The molecule has 1 rings (SSSR count). The van der Waals surface area contributed by atoms with Gasteiger partial charge in [0.05, 0.1) is 17.3 Å². The van der Waals surface area contributed by atoms with Crippen LogP contribution in [-0.4, -0.2) is 39.6 Å². The first kappa shape index (κ1) is 13.2. The highest BCUT2D eigenvalue weighted by molar-refractivity contribution is 7.91. The summed E-state index contributed by atoms with van der Waals surface area (Å²) in [4.78, 5) is 0.297. The van der Waals surface area contributed by atoms with Gasteiger partial charge in [0, 0.05) is 13.7 Å². The number of aliphatic hydroxyl groups is 1. The number of hydrogen-bond acceptors (Lipinski definition) is 4. The van der Waals surface area contributed by atoms with Gasteiger partial charge in [0.1, 0.15) is 0 Å². The Morgan fingerprint density at radius 3 is 2.38 bits per heavy atom. The Kier molecular flexibility index (Phi) is 4.92. The minimum absolute atomic E-state index is 0.0111. The lowest BCUT2D eigenvalue weighted by Crippen LogP contribution is -2.11. The molecule has 4 nitrogen and oxygen atoms in total. The lowest BCUT2D eigenvalue weighted by Gasteiger charge is -2.04. The number of aliphatic hydroxyl groups excluding tert-OH is 1. The first-order valence-corrected chi connectivity index (χ1v) is 6.67. The van der Waals surface area contributed by atoms with E-state index in [1.54, 1.807) is 24.3 Å². The molecule has 1 N–H and O–H groups in total. The molecule has 0 aromatic heterocycles. The lowest BCUT2D eigenvalue weighted by molar-refractivity contribution is 0.217. The van der Waals surface area contributed by atoms with Crippen LogP contribution < -0.4 is 0 Å². The van der Waals surface area contributed by atoms with Crippen LogP contribution in [0.25, 0.3) is 0 Å². The highest BCUT2D eigenvalue weighted by Gasteiger charge is 2.13. The summed E-state index contributed by atoms with van der Waals surface area (Å²) in [6.07, 6.45) is 0.540. The Bertz CT molecular complexity index is 408. The fourth-order valence-electron chi connectivity index (χ4n) is 1.30. The van der Waals surface area contributed by atoms with Crippen LogP contribution in [0.4, 0.5) is 0 Å². The standard InChI is InChI=1S/C11H16O4S/c1-15-8-9-16(13,14)11-4-2-10(3-5-11)6-7-12/h2-5,12H,6-9H2,1H3. The number of ether oxygens (including phenoxy) is 1. The van der Waals surface area contributed by atoms with Crippen LogP contribution in [0.3, 0.4) is 0 Å². The van der Waals surface area contributed by atoms with E-state index in [1.165, 1.54) is 7.11 Å². The van der Waals surface area contributed by atoms with Crippen molar-refractivity contribution in [2.75, 3.05) is 26.1 Å². The molecule has 0 spiro atoms. The quantitative estimate of drug-likeness (QED) is 0.797. The zero-order valence-corrected chi connectivity index (χ0v) is 10.0. The van der Waals surface area contributed by atoms with Crippen LogP contribution in [-0.2, 0) is 21.0 Å². The van der Waals surface area contributed by atoms with Gasteiger partial charge in [0.15, 0.2) is 9.84 Å². The summed E-state index contributed by atoms with van der Waals surface area (Å²) in [6, 6.07) is 6.57. The van der Waals surface area contributed by atoms with E-state index >= 15 is 0 Å². The molecule has 0 fully saturated rings. The van der Waals surface area contributed by atoms with Crippen LogP contribution in [0.2, 0.25) is 0 Å². The first-order chi connectivity index (χ1) is 7.60. The van der Waals surface area contributed by atoms with Crippen LogP contribution in [0, 0.1) is 0 Å². The average Bonchev–Trinajstić information content (AvgIpc) is 2.28. The molecule has 90 valence electrons. The minimum Gasteiger partial charge on any atom is -0.396 e. The maximum absolute atomic E-state index is 11.7. The van der Waals surface area contributed by atoms with E-state index < -0.39 is 9.84 Å². The van der Waals surface area contributed by atoms with Crippen LogP contribution >= 0.6 is 0 Å². The molecule has 0 aliphatic rings. The molecule has 0 amide bonds. The van der Waals surface area contributed by atoms with Gasteiger partial charge in [-0.05, 0) is 24.1 Å². The average molecular weight is 244 g/mol. The SMILES string of the molecule is COCCS(=O)(=O)c1ccc(CCO)cc1. The molecular formula is C11H16O4S. The highest BCUT2D eigenvalue weighted by Crippen LogP contribution is 2.12. The molecule has 0 saturated heterocycles. The summed E-state index contributed by atoms with van der Waals surface area (Å²) < 4.78 is 28.2. The summed E-state index contributed by atoms with van der Waals surface area (Å²) in [5.41, 5.74) is 0.924. The van der Waals surface area contributed by atoms with Gasteiger partial charge in [-0.1, -0.05) is 12.1 Å². The van der Waals surface area contributed by atoms with Crippen LogP contribution in [0.15, 0.2) is 29.2 Å². The second-order valence-corrected chi connectivity index (χ2v) is 5.54. The van der Waals surface area contributed by atoms with Gasteiger partial charge in [-0.15, -0.1) is 0 Å². The molecule has 0 radical (unpaired) electrons. The lowest BCUT2D eigenvalue weighted by atomic mass is 10.2. The van der Waals surface area contributed by atoms with Crippen LogP contribution in [0.1, 0.15) is 5.56 Å². The van der Waals surface area contributed by atoms with Gasteiger partial charge in [-0.3, -0.25) is 0 Å². The Hall–Kier alpha value is -0.910. The smallest absolute Gasteiger partial charge is 0.180 e. The maximum atomic E-state index is 11.7. The summed E-state index contributed by atoms with van der Waals surface area (Å²) >= 11 is 0. The third kappa shape index (κ3) is 3.59. The number of sulfone groups is 1. The molecular weight excluding hydrogens is 228 g/mol. The molecule has 0 bridgehead atoms. The normalized spacial score (nSPS) is 11.6. The van der Waals surface area contributed by atoms with E-state index in [9.17, 15) is 8.42 Å². The van der Waals surface area contributed by atoms with Gasteiger partial charge < -0.3 is 9.84 Å². The van der Waals surface area contributed by atoms with Crippen LogP contribution in [0.5, 0.6) is 0 Å². The van der Waals surface area contributed by atoms with Crippen molar-refractivity contribution < 1.29 is 18.3 Å². The number of benzene rings is 1. The zero-order valence-electron chi connectivity index (χ0n) is 9.22. The largest absolute Gasteiger partial charge is 0.396 e. The van der Waals surface area contributed by atoms with E-state index in [4.69, 9.17) is 9.84 Å². The van der Waals surface area contributed by atoms with Gasteiger partial charge in [0.2, 0.25) is 0 Å². The van der Waals surface area contributed by atoms with E-state index in [0.29, 0.717) is 11.3 Å². The predicted molar refractivity (Wildman–Crippen MR) is 61.2 cm³/mol. The Labute approximate surface area is 95.8 Å². The fourth-order valence-corrected chi connectivity index (χ4v) is 2.48. The molecule has 0 atom stereocenters. The van der Waals surface area contributed by atoms with Crippen molar-refractivity contribution in [3.8, 4) is 0 Å². The van der Waals surface area contributed by atoms with E-state index in [-0.39, 0.29) is 19.0 Å². The molecule has 1 aromatic rings. The molecule has 0 aliphatic heterocycles. The molecule has 0 heterocycles. The van der Waals surface area contributed by atoms with E-state index in [2.05, 4.69) is 0 Å². The highest BCUT2D eigenvalue weighted by atomic mass is 32.2. The minimum atomic E-state index is -3.24. The Balaban J connectivity index is 2.80. The summed E-state index contributed by atoms with van der Waals surface area (Å²) in [5.74, 6) is -0.0111. The second-order valence-electron chi connectivity index (χ2n) is 3.43. The summed E-state index contributed by atoms with van der Waals surface area (Å²) in [6.45, 7) is 0.260. The Morgan fingerprint density at radius 2 is 1.88 bits per heavy atom. The topological polar surface area (TPSA) is 63.6 Å². The van der Waals surface area contributed by atoms with Crippen molar-refractivity contribution in [3.63, 3.8) is 0 Å². The van der Waals surface area contributed by atoms with Crippen molar-refractivity contribution >= 4 is 9.84 Å². The molecule has 0 aliphatic carbocycles. The monoisotopic (exact) mass is 244 g/mol. The number of rotatable bonds is 6. The third-order valence-electron chi connectivity index (χ3n) is 2.24. The fraction of sp³-hybridized carbons (Fsp3) is 0.455. The van der Waals surface area contributed by atoms with E-state index in [0.717, 1.165) is 5.56 Å².